The number of esters is 1. The molecule has 1 aromatic heterocycles. The summed E-state index contributed by atoms with van der Waals surface area (Å²) in [5.41, 5.74) is 1.83. The van der Waals surface area contributed by atoms with Crippen molar-refractivity contribution in [2.75, 3.05) is 17.4 Å². The second-order valence-electron chi connectivity index (χ2n) is 5.27. The number of alkyl halides is 1. The highest BCUT2D eigenvalue weighted by Crippen LogP contribution is 2.54. The molecule has 3 rings (SSSR count). The van der Waals surface area contributed by atoms with Crippen LogP contribution >= 0.6 is 50.6 Å². The SMILES string of the molecule is CCOC(=O)c1c(C)sc2c1N(C(=O)CCCl)c1cc(Br)ccc1S2. The lowest BCUT2D eigenvalue weighted by atomic mass is 10.1. The zero-order chi connectivity index (χ0) is 18.1. The molecule has 2 heterocycles. The average Bonchev–Trinajstić information content (AvgIpc) is 2.88. The Hall–Kier alpha value is -1.02. The summed E-state index contributed by atoms with van der Waals surface area (Å²) in [7, 11) is 0. The number of carbonyl (C=O) groups excluding carboxylic acids is 2. The summed E-state index contributed by atoms with van der Waals surface area (Å²) < 4.78 is 7.00. The Morgan fingerprint density at radius 2 is 2.12 bits per heavy atom. The van der Waals surface area contributed by atoms with Crippen LogP contribution < -0.4 is 4.90 Å². The molecule has 1 aromatic carbocycles. The molecule has 0 spiro atoms. The van der Waals surface area contributed by atoms with Gasteiger partial charge in [0, 0.05) is 26.5 Å². The van der Waals surface area contributed by atoms with Gasteiger partial charge >= 0.3 is 5.97 Å². The van der Waals surface area contributed by atoms with Crippen molar-refractivity contribution in [3.8, 4) is 0 Å². The zero-order valence-corrected chi connectivity index (χ0v) is 17.6. The Labute approximate surface area is 167 Å². The van der Waals surface area contributed by atoms with Gasteiger partial charge in [0.2, 0.25) is 5.91 Å². The lowest BCUT2D eigenvalue weighted by molar-refractivity contribution is -0.117. The van der Waals surface area contributed by atoms with E-state index in [9.17, 15) is 9.59 Å². The van der Waals surface area contributed by atoms with E-state index in [4.69, 9.17) is 16.3 Å². The van der Waals surface area contributed by atoms with Gasteiger partial charge in [-0.15, -0.1) is 22.9 Å². The fourth-order valence-corrected chi connectivity index (χ4v) is 5.70. The molecule has 1 aliphatic rings. The van der Waals surface area contributed by atoms with Gasteiger partial charge in [-0.1, -0.05) is 27.7 Å². The summed E-state index contributed by atoms with van der Waals surface area (Å²) in [5, 5.41) is 0. The highest BCUT2D eigenvalue weighted by molar-refractivity contribution is 9.10. The Morgan fingerprint density at radius 1 is 1.36 bits per heavy atom. The third-order valence-corrected chi connectivity index (χ3v) is 6.67. The third kappa shape index (κ3) is 3.47. The molecule has 4 nitrogen and oxygen atoms in total. The molecule has 0 saturated heterocycles. The number of aryl methyl sites for hydroxylation is 1. The van der Waals surface area contributed by atoms with Gasteiger partial charge in [-0.3, -0.25) is 9.69 Å². The van der Waals surface area contributed by atoms with Crippen molar-refractivity contribution >= 4 is 73.9 Å². The van der Waals surface area contributed by atoms with Crippen molar-refractivity contribution in [2.24, 2.45) is 0 Å². The summed E-state index contributed by atoms with van der Waals surface area (Å²) in [6, 6.07) is 5.79. The number of ether oxygens (including phenoxy) is 1. The van der Waals surface area contributed by atoms with E-state index in [0.717, 1.165) is 24.1 Å². The van der Waals surface area contributed by atoms with Gasteiger partial charge in [-0.2, -0.15) is 0 Å². The highest BCUT2D eigenvalue weighted by Gasteiger charge is 2.35. The van der Waals surface area contributed by atoms with Gasteiger partial charge in [0.05, 0.1) is 27.8 Å². The van der Waals surface area contributed by atoms with E-state index in [1.165, 1.54) is 11.3 Å². The maximum atomic E-state index is 12.8. The van der Waals surface area contributed by atoms with Crippen LogP contribution in [-0.4, -0.2) is 24.4 Å². The topological polar surface area (TPSA) is 46.6 Å². The van der Waals surface area contributed by atoms with Crippen LogP contribution in [0.5, 0.6) is 0 Å². The number of hydrogen-bond acceptors (Lipinski definition) is 5. The van der Waals surface area contributed by atoms with Crippen LogP contribution in [0.15, 0.2) is 31.8 Å². The third-order valence-electron chi connectivity index (χ3n) is 3.65. The first-order valence-electron chi connectivity index (χ1n) is 7.64. The van der Waals surface area contributed by atoms with Gasteiger partial charge < -0.3 is 4.74 Å². The largest absolute Gasteiger partial charge is 0.462 e. The lowest BCUT2D eigenvalue weighted by Gasteiger charge is -2.30. The molecule has 25 heavy (non-hydrogen) atoms. The fourth-order valence-electron chi connectivity index (χ4n) is 2.65. The Bertz CT molecular complexity index is 853. The molecule has 0 fully saturated rings. The van der Waals surface area contributed by atoms with E-state index in [2.05, 4.69) is 15.9 Å². The Balaban J connectivity index is 2.21. The minimum absolute atomic E-state index is 0.140. The number of halogens is 2. The molecule has 0 radical (unpaired) electrons. The highest BCUT2D eigenvalue weighted by atomic mass is 79.9. The molecule has 0 aliphatic carbocycles. The number of hydrogen-bond donors (Lipinski definition) is 0. The normalized spacial score (nSPS) is 12.6. The second kappa shape index (κ2) is 7.70. The number of anilines is 2. The van der Waals surface area contributed by atoms with Crippen LogP contribution in [-0.2, 0) is 9.53 Å². The van der Waals surface area contributed by atoms with E-state index in [0.29, 0.717) is 11.3 Å². The van der Waals surface area contributed by atoms with E-state index in [1.807, 2.05) is 25.1 Å². The lowest BCUT2D eigenvalue weighted by Crippen LogP contribution is -2.29. The smallest absolute Gasteiger partial charge is 0.341 e. The number of carbonyl (C=O) groups is 2. The van der Waals surface area contributed by atoms with E-state index in [-0.39, 0.29) is 24.8 Å². The minimum Gasteiger partial charge on any atom is -0.462 e. The quantitative estimate of drug-likeness (QED) is 0.430. The van der Waals surface area contributed by atoms with Crippen LogP contribution in [0.3, 0.4) is 0 Å². The van der Waals surface area contributed by atoms with Crippen LogP contribution in [0.25, 0.3) is 0 Å². The van der Waals surface area contributed by atoms with Crippen LogP contribution in [0, 0.1) is 6.92 Å². The molecular formula is C17H15BrClNO3S2. The monoisotopic (exact) mass is 459 g/mol. The van der Waals surface area contributed by atoms with E-state index in [1.54, 1.807) is 23.6 Å². The number of fused-ring (bicyclic) bond motifs is 2. The molecule has 8 heteroatoms. The second-order valence-corrected chi connectivity index (χ2v) is 9.10. The molecule has 2 aromatic rings. The van der Waals surface area contributed by atoms with Gasteiger partial charge in [0.1, 0.15) is 0 Å². The maximum absolute atomic E-state index is 12.8. The molecule has 0 N–H and O–H groups in total. The molecule has 132 valence electrons. The predicted molar refractivity (Wildman–Crippen MR) is 106 cm³/mol. The molecule has 0 bridgehead atoms. The van der Waals surface area contributed by atoms with Crippen molar-refractivity contribution in [2.45, 2.75) is 29.4 Å². The number of amides is 1. The van der Waals surface area contributed by atoms with Crippen molar-refractivity contribution in [3.05, 3.63) is 33.1 Å². The van der Waals surface area contributed by atoms with Crippen LogP contribution in [0.1, 0.15) is 28.6 Å². The minimum atomic E-state index is -0.403. The van der Waals surface area contributed by atoms with Gasteiger partial charge in [-0.05, 0) is 32.0 Å². The van der Waals surface area contributed by atoms with Gasteiger partial charge in [0.25, 0.3) is 0 Å². The number of rotatable bonds is 4. The molecule has 0 unspecified atom stereocenters. The Morgan fingerprint density at radius 3 is 2.80 bits per heavy atom. The number of nitrogens with zero attached hydrogens (tertiary/aromatic N) is 1. The summed E-state index contributed by atoms with van der Waals surface area (Å²) in [5.74, 6) is -0.321. The number of thiophene rings is 1. The Kier molecular flexibility index (Phi) is 5.78. The molecule has 1 aliphatic heterocycles. The van der Waals surface area contributed by atoms with Gasteiger partial charge in [-0.25, -0.2) is 4.79 Å². The zero-order valence-electron chi connectivity index (χ0n) is 13.6. The van der Waals surface area contributed by atoms with Crippen molar-refractivity contribution < 1.29 is 14.3 Å². The van der Waals surface area contributed by atoms with Crippen LogP contribution in [0.4, 0.5) is 11.4 Å². The summed E-state index contributed by atoms with van der Waals surface area (Å²) in [4.78, 5) is 28.8. The van der Waals surface area contributed by atoms with Crippen LogP contribution in [0.2, 0.25) is 0 Å². The first-order valence-corrected chi connectivity index (χ1v) is 10.6. The molecular weight excluding hydrogens is 446 g/mol. The van der Waals surface area contributed by atoms with Crippen molar-refractivity contribution in [1.29, 1.82) is 0 Å². The van der Waals surface area contributed by atoms with Crippen molar-refractivity contribution in [3.63, 3.8) is 0 Å². The summed E-state index contributed by atoms with van der Waals surface area (Å²) in [6.45, 7) is 3.93. The number of benzene rings is 1. The summed E-state index contributed by atoms with van der Waals surface area (Å²) in [6.07, 6.45) is 0.189. The standard InChI is InChI=1S/C17H15BrClNO3S2/c1-3-23-16(22)14-9(2)24-17-15(14)20(13(21)6-7-19)11-8-10(18)4-5-12(11)25-17/h4-5,8H,3,6-7H2,1-2H3. The predicted octanol–water partition coefficient (Wildman–Crippen LogP) is 5.75. The average molecular weight is 461 g/mol. The molecule has 0 saturated carbocycles. The molecule has 0 atom stereocenters. The first-order chi connectivity index (χ1) is 12.0. The maximum Gasteiger partial charge on any atom is 0.341 e. The van der Waals surface area contributed by atoms with E-state index < -0.39 is 5.97 Å². The first kappa shape index (κ1) is 18.8. The van der Waals surface area contributed by atoms with Crippen molar-refractivity contribution in [1.82, 2.24) is 0 Å². The summed E-state index contributed by atoms with van der Waals surface area (Å²) >= 11 is 12.3. The molecule has 1 amide bonds. The van der Waals surface area contributed by atoms with Gasteiger partial charge in [0.15, 0.2) is 0 Å². The fraction of sp³-hybridized carbons (Fsp3) is 0.294. The van der Waals surface area contributed by atoms with E-state index >= 15 is 0 Å².